The third kappa shape index (κ3) is 4.41. The van der Waals surface area contributed by atoms with E-state index >= 15 is 0 Å². The maximum Gasteiger partial charge on any atom is 0.314 e. The van der Waals surface area contributed by atoms with Crippen LogP contribution in [0.5, 0.6) is 0 Å². The van der Waals surface area contributed by atoms with Crippen LogP contribution in [-0.2, 0) is 22.4 Å². The Labute approximate surface area is 145 Å². The zero-order valence-electron chi connectivity index (χ0n) is 14.0. The molecule has 0 heterocycles. The van der Waals surface area contributed by atoms with Gasteiger partial charge < -0.3 is 10.6 Å². The highest BCUT2D eigenvalue weighted by atomic mass is 16.6. The summed E-state index contributed by atoms with van der Waals surface area (Å²) in [5.41, 5.74) is 2.79. The first-order valence-electron chi connectivity index (χ1n) is 7.93. The lowest BCUT2D eigenvalue weighted by atomic mass is 10.0. The number of para-hydroxylation sites is 1. The number of carbonyl (C=O) groups is 2. The smallest absolute Gasteiger partial charge is 0.314 e. The summed E-state index contributed by atoms with van der Waals surface area (Å²) in [6, 6.07) is 11.0. The van der Waals surface area contributed by atoms with Crippen molar-refractivity contribution in [3.63, 3.8) is 0 Å². The van der Waals surface area contributed by atoms with Crippen LogP contribution in [0.3, 0.4) is 0 Å². The summed E-state index contributed by atoms with van der Waals surface area (Å²) in [4.78, 5) is 34.4. The van der Waals surface area contributed by atoms with Crippen LogP contribution in [0.2, 0.25) is 0 Å². The number of non-ortho nitro benzene ring substituents is 1. The van der Waals surface area contributed by atoms with Gasteiger partial charge in [0.15, 0.2) is 0 Å². The molecule has 2 rings (SSSR count). The molecule has 2 N–H and O–H groups in total. The highest BCUT2D eigenvalue weighted by Crippen LogP contribution is 2.22. The van der Waals surface area contributed by atoms with Gasteiger partial charge in [0.1, 0.15) is 0 Å². The van der Waals surface area contributed by atoms with Gasteiger partial charge in [-0.15, -0.1) is 0 Å². The zero-order chi connectivity index (χ0) is 18.4. The van der Waals surface area contributed by atoms with E-state index in [-0.39, 0.29) is 5.69 Å². The normalized spacial score (nSPS) is 10.2. The highest BCUT2D eigenvalue weighted by molar-refractivity contribution is 6.43. The first-order chi connectivity index (χ1) is 12.0. The molecule has 2 amide bonds. The third-order valence-electron chi connectivity index (χ3n) is 3.78. The molecule has 7 nitrogen and oxygen atoms in total. The Hall–Kier alpha value is -3.22. The van der Waals surface area contributed by atoms with Gasteiger partial charge in [0.25, 0.3) is 5.69 Å². The van der Waals surface area contributed by atoms with E-state index in [1.807, 2.05) is 32.0 Å². The molecule has 0 saturated heterocycles. The van der Waals surface area contributed by atoms with Crippen molar-refractivity contribution >= 4 is 28.9 Å². The molecule has 0 spiro atoms. The Morgan fingerprint density at radius 3 is 1.92 bits per heavy atom. The van der Waals surface area contributed by atoms with E-state index in [1.54, 1.807) is 0 Å². The van der Waals surface area contributed by atoms with Crippen molar-refractivity contribution in [3.8, 4) is 0 Å². The fraction of sp³-hybridized carbons (Fsp3) is 0.222. The predicted octanol–water partition coefficient (Wildman–Crippen LogP) is 3.30. The van der Waals surface area contributed by atoms with Gasteiger partial charge >= 0.3 is 11.8 Å². The third-order valence-corrected chi connectivity index (χ3v) is 3.78. The second kappa shape index (κ2) is 8.05. The summed E-state index contributed by atoms with van der Waals surface area (Å²) in [5.74, 6) is -1.62. The van der Waals surface area contributed by atoms with Gasteiger partial charge in [-0.05, 0) is 36.1 Å². The van der Waals surface area contributed by atoms with E-state index in [0.717, 1.165) is 24.0 Å². The van der Waals surface area contributed by atoms with Gasteiger partial charge in [0.05, 0.1) is 4.92 Å². The molecule has 0 fully saturated rings. The van der Waals surface area contributed by atoms with Crippen LogP contribution in [0, 0.1) is 10.1 Å². The molecule has 0 aliphatic heterocycles. The minimum Gasteiger partial charge on any atom is -0.318 e. The molecule has 2 aromatic rings. The number of nitrogens with zero attached hydrogens (tertiary/aromatic N) is 1. The molecule has 0 saturated carbocycles. The number of aryl methyl sites for hydroxylation is 2. The minimum atomic E-state index is -0.832. The van der Waals surface area contributed by atoms with E-state index in [1.165, 1.54) is 24.3 Å². The van der Waals surface area contributed by atoms with Gasteiger partial charge in [0.2, 0.25) is 0 Å². The number of anilines is 2. The van der Waals surface area contributed by atoms with Crippen LogP contribution in [-0.4, -0.2) is 16.7 Å². The van der Waals surface area contributed by atoms with Gasteiger partial charge in [-0.2, -0.15) is 0 Å². The molecule has 0 aliphatic rings. The zero-order valence-corrected chi connectivity index (χ0v) is 14.0. The van der Waals surface area contributed by atoms with E-state index < -0.39 is 16.7 Å². The summed E-state index contributed by atoms with van der Waals surface area (Å²) in [6.45, 7) is 3.95. The standard InChI is InChI=1S/C18H19N3O4/c1-3-12-6-5-7-13(4-2)16(12)20-18(23)17(22)19-14-8-10-15(11-9-14)21(24)25/h5-11H,3-4H2,1-2H3,(H,19,22)(H,20,23). The van der Waals surface area contributed by atoms with E-state index in [4.69, 9.17) is 0 Å². The fourth-order valence-electron chi connectivity index (χ4n) is 2.43. The Bertz CT molecular complexity index is 778. The number of nitro groups is 1. The number of amides is 2. The number of hydrogen-bond acceptors (Lipinski definition) is 4. The van der Waals surface area contributed by atoms with Crippen molar-refractivity contribution in [1.29, 1.82) is 0 Å². The van der Waals surface area contributed by atoms with Gasteiger partial charge in [-0.25, -0.2) is 0 Å². The number of nitro benzene ring substituents is 1. The lowest BCUT2D eigenvalue weighted by Crippen LogP contribution is -2.29. The summed E-state index contributed by atoms with van der Waals surface area (Å²) in [7, 11) is 0. The Morgan fingerprint density at radius 2 is 1.44 bits per heavy atom. The number of benzene rings is 2. The molecule has 0 aromatic heterocycles. The molecule has 0 radical (unpaired) electrons. The highest BCUT2D eigenvalue weighted by Gasteiger charge is 2.17. The molecule has 2 aromatic carbocycles. The molecule has 0 atom stereocenters. The average molecular weight is 341 g/mol. The second-order valence-corrected chi connectivity index (χ2v) is 5.37. The Morgan fingerprint density at radius 1 is 0.920 bits per heavy atom. The van der Waals surface area contributed by atoms with Gasteiger partial charge in [-0.3, -0.25) is 19.7 Å². The topological polar surface area (TPSA) is 101 Å². The number of carbonyl (C=O) groups excluding carboxylic acids is 2. The molecular weight excluding hydrogens is 322 g/mol. The van der Waals surface area contributed by atoms with Crippen LogP contribution in [0.15, 0.2) is 42.5 Å². The quantitative estimate of drug-likeness (QED) is 0.495. The van der Waals surface area contributed by atoms with Crippen LogP contribution in [0.1, 0.15) is 25.0 Å². The van der Waals surface area contributed by atoms with Crippen molar-refractivity contribution in [2.24, 2.45) is 0 Å². The van der Waals surface area contributed by atoms with E-state index in [9.17, 15) is 19.7 Å². The van der Waals surface area contributed by atoms with E-state index in [0.29, 0.717) is 11.4 Å². The molecular formula is C18H19N3O4. The van der Waals surface area contributed by atoms with Crippen molar-refractivity contribution in [1.82, 2.24) is 0 Å². The van der Waals surface area contributed by atoms with Crippen LogP contribution < -0.4 is 10.6 Å². The molecule has 0 aliphatic carbocycles. The number of nitrogens with one attached hydrogen (secondary N) is 2. The molecule has 25 heavy (non-hydrogen) atoms. The van der Waals surface area contributed by atoms with Crippen LogP contribution >= 0.6 is 0 Å². The summed E-state index contributed by atoms with van der Waals surface area (Å²) < 4.78 is 0. The minimum absolute atomic E-state index is 0.0908. The first kappa shape index (κ1) is 18.1. The summed E-state index contributed by atoms with van der Waals surface area (Å²) >= 11 is 0. The maximum absolute atomic E-state index is 12.2. The lowest BCUT2D eigenvalue weighted by Gasteiger charge is -2.14. The predicted molar refractivity (Wildman–Crippen MR) is 95.6 cm³/mol. The van der Waals surface area contributed by atoms with Crippen molar-refractivity contribution in [2.75, 3.05) is 10.6 Å². The largest absolute Gasteiger partial charge is 0.318 e. The second-order valence-electron chi connectivity index (χ2n) is 5.37. The number of hydrogen-bond donors (Lipinski definition) is 2. The summed E-state index contributed by atoms with van der Waals surface area (Å²) in [5, 5.41) is 15.7. The Kier molecular flexibility index (Phi) is 5.84. The number of rotatable bonds is 5. The molecule has 0 unspecified atom stereocenters. The van der Waals surface area contributed by atoms with Crippen molar-refractivity contribution in [2.45, 2.75) is 26.7 Å². The van der Waals surface area contributed by atoms with E-state index in [2.05, 4.69) is 10.6 Å². The van der Waals surface area contributed by atoms with Gasteiger partial charge in [-0.1, -0.05) is 32.0 Å². The molecule has 130 valence electrons. The van der Waals surface area contributed by atoms with Crippen LogP contribution in [0.4, 0.5) is 17.1 Å². The van der Waals surface area contributed by atoms with Crippen molar-refractivity contribution < 1.29 is 14.5 Å². The first-order valence-corrected chi connectivity index (χ1v) is 7.93. The molecule has 7 heteroatoms. The van der Waals surface area contributed by atoms with Gasteiger partial charge in [0, 0.05) is 23.5 Å². The monoisotopic (exact) mass is 341 g/mol. The lowest BCUT2D eigenvalue weighted by molar-refractivity contribution is -0.384. The fourth-order valence-corrected chi connectivity index (χ4v) is 2.43. The van der Waals surface area contributed by atoms with Crippen molar-refractivity contribution in [3.05, 3.63) is 63.7 Å². The SMILES string of the molecule is CCc1cccc(CC)c1NC(=O)C(=O)Nc1ccc([N+](=O)[O-])cc1. The summed E-state index contributed by atoms with van der Waals surface area (Å²) in [6.07, 6.45) is 1.46. The average Bonchev–Trinajstić information content (AvgIpc) is 2.62. The Balaban J connectivity index is 2.11. The van der Waals surface area contributed by atoms with Crippen LogP contribution in [0.25, 0.3) is 0 Å². The molecule has 0 bridgehead atoms. The maximum atomic E-state index is 12.2.